The molecular formula is C34H38N6O4. The molecule has 0 aliphatic heterocycles. The van der Waals surface area contributed by atoms with Gasteiger partial charge in [-0.25, -0.2) is 14.8 Å². The molecule has 0 aliphatic rings. The fraction of sp³-hybridized carbons (Fsp3) is 0.265. The van der Waals surface area contributed by atoms with Crippen LogP contribution in [0.1, 0.15) is 40.4 Å². The Balaban J connectivity index is 1.37. The molecule has 2 heterocycles. The van der Waals surface area contributed by atoms with E-state index in [0.29, 0.717) is 30.3 Å². The molecule has 4 rings (SSSR count). The average Bonchev–Trinajstić information content (AvgIpc) is 2.99. The van der Waals surface area contributed by atoms with Crippen molar-refractivity contribution in [1.82, 2.24) is 20.6 Å². The average molecular weight is 595 g/mol. The zero-order valence-corrected chi connectivity index (χ0v) is 25.9. The number of hydrogen-bond acceptors (Lipinski definition) is 6. The SMILES string of the molecule is CCNC(=O)Nc1ccc(C=CC(=O)NCC(=O)N(C)c2ccc(C)c(COc3cccc4c(C)cc(C)nc34)c2C)cn1. The number of aryl methyl sites for hydroxylation is 3. The highest BCUT2D eigenvalue weighted by atomic mass is 16.5. The molecule has 2 aromatic heterocycles. The Kier molecular flexibility index (Phi) is 10.3. The van der Waals surface area contributed by atoms with Gasteiger partial charge in [-0.15, -0.1) is 0 Å². The van der Waals surface area contributed by atoms with Crippen LogP contribution in [0.2, 0.25) is 0 Å². The normalized spacial score (nSPS) is 11.0. The van der Waals surface area contributed by atoms with Gasteiger partial charge in [-0.2, -0.15) is 0 Å². The lowest BCUT2D eigenvalue weighted by Crippen LogP contribution is -2.38. The maximum atomic E-state index is 13.0. The third-order valence-electron chi connectivity index (χ3n) is 7.26. The van der Waals surface area contributed by atoms with Crippen LogP contribution in [0, 0.1) is 27.7 Å². The van der Waals surface area contributed by atoms with Gasteiger partial charge in [0.25, 0.3) is 0 Å². The molecule has 10 nitrogen and oxygen atoms in total. The van der Waals surface area contributed by atoms with Crippen LogP contribution >= 0.6 is 0 Å². The molecule has 0 bridgehead atoms. The van der Waals surface area contributed by atoms with Crippen LogP contribution in [0.3, 0.4) is 0 Å². The Bertz CT molecular complexity index is 1720. The number of carbonyl (C=O) groups is 3. The minimum Gasteiger partial charge on any atom is -0.487 e. The summed E-state index contributed by atoms with van der Waals surface area (Å²) in [7, 11) is 1.69. The molecule has 0 aliphatic carbocycles. The van der Waals surface area contributed by atoms with Gasteiger partial charge in [0.05, 0.1) is 6.54 Å². The van der Waals surface area contributed by atoms with Gasteiger partial charge < -0.3 is 20.3 Å². The van der Waals surface area contributed by atoms with Crippen molar-refractivity contribution in [1.29, 1.82) is 0 Å². The van der Waals surface area contributed by atoms with Crippen molar-refractivity contribution < 1.29 is 19.1 Å². The van der Waals surface area contributed by atoms with Gasteiger partial charge in [0.15, 0.2) is 0 Å². The number of benzene rings is 2. The molecule has 2 aromatic carbocycles. The molecule has 0 atom stereocenters. The Hall–Kier alpha value is -5.25. The van der Waals surface area contributed by atoms with Crippen LogP contribution in [0.5, 0.6) is 5.75 Å². The zero-order chi connectivity index (χ0) is 31.8. The number of urea groups is 1. The smallest absolute Gasteiger partial charge is 0.320 e. The number of carbonyl (C=O) groups excluding carboxylic acids is 3. The van der Waals surface area contributed by atoms with Crippen LogP contribution < -0.4 is 25.6 Å². The molecule has 228 valence electrons. The monoisotopic (exact) mass is 594 g/mol. The molecule has 3 N–H and O–H groups in total. The summed E-state index contributed by atoms with van der Waals surface area (Å²) in [5.41, 5.74) is 7.26. The van der Waals surface area contributed by atoms with E-state index in [9.17, 15) is 14.4 Å². The van der Waals surface area contributed by atoms with Gasteiger partial charge in [0, 0.05) is 42.6 Å². The first-order valence-corrected chi connectivity index (χ1v) is 14.4. The second kappa shape index (κ2) is 14.3. The molecule has 0 radical (unpaired) electrons. The van der Waals surface area contributed by atoms with Gasteiger partial charge in [0.2, 0.25) is 11.8 Å². The molecule has 4 aromatic rings. The van der Waals surface area contributed by atoms with Crippen LogP contribution in [0.4, 0.5) is 16.3 Å². The van der Waals surface area contributed by atoms with Crippen molar-refractivity contribution in [3.05, 3.63) is 94.3 Å². The second-order valence-electron chi connectivity index (χ2n) is 10.5. The molecule has 10 heteroatoms. The van der Waals surface area contributed by atoms with Crippen molar-refractivity contribution in [2.24, 2.45) is 0 Å². The van der Waals surface area contributed by atoms with E-state index in [0.717, 1.165) is 44.5 Å². The summed E-state index contributed by atoms with van der Waals surface area (Å²) < 4.78 is 6.29. The van der Waals surface area contributed by atoms with E-state index in [2.05, 4.69) is 33.9 Å². The number of rotatable bonds is 10. The number of anilines is 2. The summed E-state index contributed by atoms with van der Waals surface area (Å²) in [5.74, 6) is 0.418. The molecular weight excluding hydrogens is 556 g/mol. The van der Waals surface area contributed by atoms with E-state index >= 15 is 0 Å². The number of hydrogen-bond donors (Lipinski definition) is 3. The van der Waals surface area contributed by atoms with E-state index in [1.165, 1.54) is 12.3 Å². The predicted molar refractivity (Wildman–Crippen MR) is 174 cm³/mol. The lowest BCUT2D eigenvalue weighted by atomic mass is 10.0. The molecule has 0 saturated carbocycles. The van der Waals surface area contributed by atoms with Crippen LogP contribution in [-0.2, 0) is 16.2 Å². The van der Waals surface area contributed by atoms with Crippen molar-refractivity contribution in [2.75, 3.05) is 30.4 Å². The van der Waals surface area contributed by atoms with E-state index in [1.54, 1.807) is 30.2 Å². The number of fused-ring (bicyclic) bond motifs is 1. The topological polar surface area (TPSA) is 126 Å². The predicted octanol–water partition coefficient (Wildman–Crippen LogP) is 5.38. The largest absolute Gasteiger partial charge is 0.487 e. The first-order valence-electron chi connectivity index (χ1n) is 14.4. The van der Waals surface area contributed by atoms with Gasteiger partial charge in [-0.3, -0.25) is 14.9 Å². The van der Waals surface area contributed by atoms with Crippen LogP contribution in [0.25, 0.3) is 17.0 Å². The molecule has 0 fully saturated rings. The van der Waals surface area contributed by atoms with Crippen LogP contribution in [0.15, 0.2) is 60.8 Å². The fourth-order valence-corrected chi connectivity index (χ4v) is 4.83. The lowest BCUT2D eigenvalue weighted by molar-refractivity contribution is -0.122. The van der Waals surface area contributed by atoms with E-state index in [1.807, 2.05) is 58.0 Å². The summed E-state index contributed by atoms with van der Waals surface area (Å²) in [4.78, 5) is 47.4. The van der Waals surface area contributed by atoms with Crippen molar-refractivity contribution in [3.63, 3.8) is 0 Å². The van der Waals surface area contributed by atoms with E-state index < -0.39 is 5.91 Å². The minimum absolute atomic E-state index is 0.174. The highest BCUT2D eigenvalue weighted by molar-refractivity contribution is 5.99. The van der Waals surface area contributed by atoms with Crippen molar-refractivity contribution in [2.45, 2.75) is 41.2 Å². The van der Waals surface area contributed by atoms with Crippen molar-refractivity contribution >= 4 is 46.3 Å². The third kappa shape index (κ3) is 7.77. The van der Waals surface area contributed by atoms with Gasteiger partial charge in [-0.05, 0) is 98.8 Å². The van der Waals surface area contributed by atoms with E-state index in [-0.39, 0.29) is 18.5 Å². The Labute approximate surface area is 257 Å². The summed E-state index contributed by atoms with van der Waals surface area (Å²) in [6.45, 7) is 10.5. The first-order chi connectivity index (χ1) is 21.1. The number of aromatic nitrogens is 2. The molecule has 44 heavy (non-hydrogen) atoms. The summed E-state index contributed by atoms with van der Waals surface area (Å²) in [6.07, 6.45) is 4.44. The number of para-hydroxylation sites is 1. The molecule has 0 saturated heterocycles. The first kappa shape index (κ1) is 31.7. The number of amides is 4. The zero-order valence-electron chi connectivity index (χ0n) is 25.9. The second-order valence-corrected chi connectivity index (χ2v) is 10.5. The highest BCUT2D eigenvalue weighted by Gasteiger charge is 2.17. The van der Waals surface area contributed by atoms with Gasteiger partial charge in [0.1, 0.15) is 23.7 Å². The van der Waals surface area contributed by atoms with Gasteiger partial charge >= 0.3 is 6.03 Å². The number of ether oxygens (including phenoxy) is 1. The maximum absolute atomic E-state index is 13.0. The molecule has 0 unspecified atom stereocenters. The Morgan fingerprint density at radius 1 is 0.977 bits per heavy atom. The lowest BCUT2D eigenvalue weighted by Gasteiger charge is -2.23. The quantitative estimate of drug-likeness (QED) is 0.212. The highest BCUT2D eigenvalue weighted by Crippen LogP contribution is 2.30. The standard InChI is InChI=1S/C34H38N6O4/c1-7-35-34(43)39-30-15-12-25(18-36-30)13-16-31(41)37-19-32(42)40(6)28-14-11-21(2)27(24(28)5)20-44-29-10-8-9-26-22(3)17-23(4)38-33(26)29/h8-18H,7,19-20H2,1-6H3,(H,37,41)(H2,35,36,39,43). The third-order valence-corrected chi connectivity index (χ3v) is 7.26. The Morgan fingerprint density at radius 3 is 2.50 bits per heavy atom. The summed E-state index contributed by atoms with van der Waals surface area (Å²) in [5, 5.41) is 8.93. The number of nitrogens with zero attached hydrogens (tertiary/aromatic N) is 3. The fourth-order valence-electron chi connectivity index (χ4n) is 4.83. The van der Waals surface area contributed by atoms with Crippen molar-refractivity contribution in [3.8, 4) is 5.75 Å². The number of pyridine rings is 2. The Morgan fingerprint density at radius 2 is 1.77 bits per heavy atom. The maximum Gasteiger partial charge on any atom is 0.320 e. The van der Waals surface area contributed by atoms with Crippen LogP contribution in [-0.4, -0.2) is 48.0 Å². The van der Waals surface area contributed by atoms with Gasteiger partial charge in [-0.1, -0.05) is 18.2 Å². The summed E-state index contributed by atoms with van der Waals surface area (Å²) in [6, 6.07) is 14.9. The number of likely N-dealkylation sites (N-methyl/N-ethyl adjacent to an activating group) is 1. The summed E-state index contributed by atoms with van der Waals surface area (Å²) >= 11 is 0. The number of nitrogens with one attached hydrogen (secondary N) is 3. The minimum atomic E-state index is -0.417. The molecule has 0 spiro atoms. The van der Waals surface area contributed by atoms with E-state index in [4.69, 9.17) is 9.72 Å². The molecule has 4 amide bonds.